The SMILES string of the molecule is BrCc1ccc(C(=C(c2ccccc2)c2ccc(CBr)cc2)c2ccccc2)cc1. The van der Waals surface area contributed by atoms with E-state index in [4.69, 9.17) is 0 Å². The summed E-state index contributed by atoms with van der Waals surface area (Å²) in [6, 6.07) is 39.1. The van der Waals surface area contributed by atoms with Gasteiger partial charge in [0.05, 0.1) is 0 Å². The first-order valence-electron chi connectivity index (χ1n) is 9.96. The topological polar surface area (TPSA) is 0 Å². The maximum atomic E-state index is 3.56. The molecule has 0 nitrogen and oxygen atoms in total. The molecule has 0 aliphatic carbocycles. The highest BCUT2D eigenvalue weighted by molar-refractivity contribution is 9.08. The van der Waals surface area contributed by atoms with Crippen LogP contribution in [-0.4, -0.2) is 0 Å². The Balaban J connectivity index is 2.03. The zero-order chi connectivity index (χ0) is 20.8. The fourth-order valence-electron chi connectivity index (χ4n) is 3.64. The van der Waals surface area contributed by atoms with Crippen molar-refractivity contribution in [2.75, 3.05) is 0 Å². The average Bonchev–Trinajstić information content (AvgIpc) is 2.84. The van der Waals surface area contributed by atoms with Gasteiger partial charge in [0, 0.05) is 10.7 Å². The molecule has 0 radical (unpaired) electrons. The van der Waals surface area contributed by atoms with Gasteiger partial charge < -0.3 is 0 Å². The fraction of sp³-hybridized carbons (Fsp3) is 0.0714. The molecule has 0 unspecified atom stereocenters. The molecule has 0 amide bonds. The molecule has 0 fully saturated rings. The maximum Gasteiger partial charge on any atom is 0.0283 e. The predicted octanol–water partition coefficient (Wildman–Crippen LogP) is 8.48. The van der Waals surface area contributed by atoms with Gasteiger partial charge in [-0.1, -0.05) is 141 Å². The second-order valence-corrected chi connectivity index (χ2v) is 8.26. The summed E-state index contributed by atoms with van der Waals surface area (Å²) in [7, 11) is 0. The summed E-state index contributed by atoms with van der Waals surface area (Å²) in [6.45, 7) is 0. The van der Waals surface area contributed by atoms with Crippen LogP contribution in [0.4, 0.5) is 0 Å². The summed E-state index contributed by atoms with van der Waals surface area (Å²) in [5.74, 6) is 0. The van der Waals surface area contributed by atoms with Gasteiger partial charge in [-0.2, -0.15) is 0 Å². The highest BCUT2D eigenvalue weighted by atomic mass is 79.9. The lowest BCUT2D eigenvalue weighted by Gasteiger charge is -2.18. The lowest BCUT2D eigenvalue weighted by atomic mass is 9.85. The van der Waals surface area contributed by atoms with Crippen LogP contribution in [0, 0.1) is 0 Å². The van der Waals surface area contributed by atoms with Crippen molar-refractivity contribution in [3.8, 4) is 0 Å². The van der Waals surface area contributed by atoms with E-state index in [0.29, 0.717) is 0 Å². The lowest BCUT2D eigenvalue weighted by molar-refractivity contribution is 1.40. The van der Waals surface area contributed by atoms with Crippen molar-refractivity contribution in [3.63, 3.8) is 0 Å². The minimum absolute atomic E-state index is 0.858. The highest BCUT2D eigenvalue weighted by Crippen LogP contribution is 2.37. The molecule has 4 aromatic carbocycles. The monoisotopic (exact) mass is 516 g/mol. The Morgan fingerprint density at radius 2 is 0.700 bits per heavy atom. The van der Waals surface area contributed by atoms with Crippen molar-refractivity contribution >= 4 is 43.0 Å². The van der Waals surface area contributed by atoms with Crippen LogP contribution in [-0.2, 0) is 10.7 Å². The van der Waals surface area contributed by atoms with Crippen molar-refractivity contribution < 1.29 is 0 Å². The van der Waals surface area contributed by atoms with Gasteiger partial charge in [0.15, 0.2) is 0 Å². The number of halogens is 2. The van der Waals surface area contributed by atoms with Crippen LogP contribution in [0.3, 0.4) is 0 Å². The molecule has 4 rings (SSSR count). The molecule has 0 bridgehead atoms. The van der Waals surface area contributed by atoms with Crippen molar-refractivity contribution in [1.29, 1.82) is 0 Å². The molecule has 0 N–H and O–H groups in total. The molecule has 0 heterocycles. The summed E-state index contributed by atoms with van der Waals surface area (Å²) in [5, 5.41) is 1.72. The van der Waals surface area contributed by atoms with E-state index in [2.05, 4.69) is 141 Å². The number of hydrogen-bond acceptors (Lipinski definition) is 0. The fourth-order valence-corrected chi connectivity index (χ4v) is 4.39. The van der Waals surface area contributed by atoms with Crippen LogP contribution in [0.15, 0.2) is 109 Å². The van der Waals surface area contributed by atoms with Crippen LogP contribution in [0.25, 0.3) is 11.1 Å². The van der Waals surface area contributed by atoms with Gasteiger partial charge >= 0.3 is 0 Å². The first-order chi connectivity index (χ1) is 14.8. The molecular formula is C28H22Br2. The van der Waals surface area contributed by atoms with Crippen LogP contribution in [0.5, 0.6) is 0 Å². The predicted molar refractivity (Wildman–Crippen MR) is 136 cm³/mol. The smallest absolute Gasteiger partial charge is 0.0283 e. The van der Waals surface area contributed by atoms with Crippen molar-refractivity contribution in [2.24, 2.45) is 0 Å². The lowest BCUT2D eigenvalue weighted by Crippen LogP contribution is -1.98. The van der Waals surface area contributed by atoms with E-state index in [1.807, 2.05) is 0 Å². The van der Waals surface area contributed by atoms with E-state index in [-0.39, 0.29) is 0 Å². The Hall–Kier alpha value is -2.42. The molecule has 0 saturated carbocycles. The Morgan fingerprint density at radius 1 is 0.400 bits per heavy atom. The van der Waals surface area contributed by atoms with Gasteiger partial charge in [0.2, 0.25) is 0 Å². The van der Waals surface area contributed by atoms with Crippen LogP contribution in [0.2, 0.25) is 0 Å². The van der Waals surface area contributed by atoms with Gasteiger partial charge in [0.25, 0.3) is 0 Å². The van der Waals surface area contributed by atoms with E-state index in [1.165, 1.54) is 44.5 Å². The summed E-state index contributed by atoms with van der Waals surface area (Å²) < 4.78 is 0. The van der Waals surface area contributed by atoms with Gasteiger partial charge in [-0.15, -0.1) is 0 Å². The van der Waals surface area contributed by atoms with E-state index in [1.54, 1.807) is 0 Å². The van der Waals surface area contributed by atoms with E-state index in [0.717, 1.165) is 10.7 Å². The van der Waals surface area contributed by atoms with Gasteiger partial charge in [-0.05, 0) is 44.5 Å². The normalized spacial score (nSPS) is 11.8. The van der Waals surface area contributed by atoms with Gasteiger partial charge in [0.1, 0.15) is 0 Å². The van der Waals surface area contributed by atoms with E-state index >= 15 is 0 Å². The zero-order valence-corrected chi connectivity index (χ0v) is 19.7. The second kappa shape index (κ2) is 10.1. The summed E-state index contributed by atoms with van der Waals surface area (Å²) in [6.07, 6.45) is 0. The van der Waals surface area contributed by atoms with Crippen LogP contribution < -0.4 is 0 Å². The molecule has 4 aromatic rings. The molecule has 0 atom stereocenters. The van der Waals surface area contributed by atoms with Crippen LogP contribution in [0.1, 0.15) is 33.4 Å². The largest absolute Gasteiger partial charge is 0.0876 e. The maximum absolute atomic E-state index is 3.56. The summed E-state index contributed by atoms with van der Waals surface area (Å²) in [5.41, 5.74) is 9.90. The Labute approximate surface area is 195 Å². The molecule has 0 aliphatic heterocycles. The van der Waals surface area contributed by atoms with Crippen molar-refractivity contribution in [1.82, 2.24) is 0 Å². The minimum Gasteiger partial charge on any atom is -0.0876 e. The number of benzene rings is 4. The van der Waals surface area contributed by atoms with Crippen LogP contribution >= 0.6 is 31.9 Å². The third-order valence-corrected chi connectivity index (χ3v) is 6.46. The molecule has 2 heteroatoms. The summed E-state index contributed by atoms with van der Waals surface area (Å²) >= 11 is 7.13. The van der Waals surface area contributed by atoms with E-state index in [9.17, 15) is 0 Å². The highest BCUT2D eigenvalue weighted by Gasteiger charge is 2.16. The second-order valence-electron chi connectivity index (χ2n) is 7.14. The van der Waals surface area contributed by atoms with Gasteiger partial charge in [-0.3, -0.25) is 0 Å². The standard InChI is InChI=1S/C28H22Br2/c29-19-21-11-15-25(16-12-21)27(23-7-3-1-4-8-23)28(24-9-5-2-6-10-24)26-17-13-22(20-30)14-18-26/h1-18H,19-20H2. The number of hydrogen-bond donors (Lipinski definition) is 0. The van der Waals surface area contributed by atoms with Gasteiger partial charge in [-0.25, -0.2) is 0 Å². The quantitative estimate of drug-likeness (QED) is 0.177. The average molecular weight is 518 g/mol. The molecular weight excluding hydrogens is 496 g/mol. The zero-order valence-electron chi connectivity index (χ0n) is 16.6. The Bertz CT molecular complexity index is 1020. The first kappa shape index (κ1) is 20.8. The molecule has 0 aromatic heterocycles. The van der Waals surface area contributed by atoms with E-state index < -0.39 is 0 Å². The third kappa shape index (κ3) is 4.66. The summed E-state index contributed by atoms with van der Waals surface area (Å²) in [4.78, 5) is 0. The first-order valence-corrected chi connectivity index (χ1v) is 12.2. The molecule has 30 heavy (non-hydrogen) atoms. The molecule has 0 aliphatic rings. The minimum atomic E-state index is 0.858. The van der Waals surface area contributed by atoms with Crippen molar-refractivity contribution in [3.05, 3.63) is 143 Å². The number of rotatable bonds is 6. The number of alkyl halides is 2. The third-order valence-electron chi connectivity index (χ3n) is 5.17. The van der Waals surface area contributed by atoms with Crippen molar-refractivity contribution in [2.45, 2.75) is 10.7 Å². The molecule has 0 spiro atoms. The Morgan fingerprint density at radius 3 is 1.00 bits per heavy atom. The molecule has 148 valence electrons. The molecule has 0 saturated heterocycles. The Kier molecular flexibility index (Phi) is 6.99.